The number of aliphatic imine (C=N–C) groups is 1. The maximum absolute atomic E-state index is 11.1. The van der Waals surface area contributed by atoms with E-state index in [1.165, 1.54) is 23.6 Å². The van der Waals surface area contributed by atoms with Gasteiger partial charge in [-0.15, -0.1) is 5.92 Å². The maximum Gasteiger partial charge on any atom is 0.185 e. The molecular weight excluding hydrogens is 602 g/mol. The Bertz CT molecular complexity index is 1130. The molecule has 268 valence electrons. The van der Waals surface area contributed by atoms with Crippen LogP contribution in [0.1, 0.15) is 79.6 Å². The van der Waals surface area contributed by atoms with Crippen molar-refractivity contribution in [3.63, 3.8) is 0 Å². The van der Waals surface area contributed by atoms with Gasteiger partial charge < -0.3 is 57.2 Å². The van der Waals surface area contributed by atoms with Gasteiger partial charge in [0.25, 0.3) is 0 Å². The number of hydrogen-bond acceptors (Lipinski definition) is 12. The van der Waals surface area contributed by atoms with E-state index in [1.807, 2.05) is 6.08 Å². The number of hydrogen-bond donors (Lipinski definition) is 8. The topological polar surface area (TPSA) is 211 Å². The van der Waals surface area contributed by atoms with Crippen molar-refractivity contribution in [2.24, 2.45) is 22.2 Å². The van der Waals surface area contributed by atoms with Gasteiger partial charge in [-0.05, 0) is 86.3 Å². The molecule has 2 rings (SSSR count). The Morgan fingerprint density at radius 3 is 2.38 bits per heavy atom. The van der Waals surface area contributed by atoms with Crippen molar-refractivity contribution in [1.82, 2.24) is 5.32 Å². The summed E-state index contributed by atoms with van der Waals surface area (Å²) >= 11 is 0. The number of nitrogens with one attached hydrogen (secondary N) is 1. The Morgan fingerprint density at radius 1 is 1.04 bits per heavy atom. The van der Waals surface area contributed by atoms with Crippen molar-refractivity contribution in [3.05, 3.63) is 34.9 Å². The predicted molar refractivity (Wildman–Crippen MR) is 185 cm³/mol. The Morgan fingerprint density at radius 2 is 1.70 bits per heavy atom. The molecule has 1 saturated carbocycles. The fraction of sp³-hybridized carbons (Fsp3) is 0.743. The molecule has 1 heterocycles. The maximum atomic E-state index is 11.1. The van der Waals surface area contributed by atoms with Gasteiger partial charge in [0, 0.05) is 24.7 Å². The molecule has 0 aromatic rings. The van der Waals surface area contributed by atoms with E-state index < -0.39 is 66.8 Å². The second kappa shape index (κ2) is 20.5. The minimum atomic E-state index is -1.42. The Kier molecular flexibility index (Phi) is 18.0. The highest BCUT2D eigenvalue weighted by molar-refractivity contribution is 5.72. The monoisotopic (exact) mass is 663 g/mol. The van der Waals surface area contributed by atoms with E-state index in [0.29, 0.717) is 19.4 Å². The molecule has 0 bridgehead atoms. The molecule has 47 heavy (non-hydrogen) atoms. The van der Waals surface area contributed by atoms with E-state index in [1.54, 1.807) is 13.3 Å². The fourth-order valence-corrected chi connectivity index (χ4v) is 5.75. The molecule has 2 fully saturated rings. The highest BCUT2D eigenvalue weighted by Gasteiger charge is 2.50. The van der Waals surface area contributed by atoms with Crippen LogP contribution in [-0.4, -0.2) is 114 Å². The number of aliphatic hydroxyl groups is 4. The number of rotatable bonds is 16. The van der Waals surface area contributed by atoms with Gasteiger partial charge in [-0.3, -0.25) is 4.99 Å². The first-order valence-electron chi connectivity index (χ1n) is 16.7. The van der Waals surface area contributed by atoms with Crippen LogP contribution in [0.4, 0.5) is 0 Å². The quantitative estimate of drug-likeness (QED) is 0.0508. The third kappa shape index (κ3) is 13.8. The summed E-state index contributed by atoms with van der Waals surface area (Å²) in [6.45, 7) is 10.3. The third-order valence-electron chi connectivity index (χ3n) is 8.64. The number of nitrogens with two attached hydrogens (primary N) is 3. The first-order valence-corrected chi connectivity index (χ1v) is 16.7. The molecule has 0 spiro atoms. The standard InChI is InChI=1S/C35H61N5O7/c1-22(2)12-10-13-23(3)14-11-15-24(4)17-19-40-18-9-7-8-16-25(36)33(43)46-30-26(37)20-27(38)31(28(30)41)47-34-29(42)32(39-6)35(5,44)21-45-34/h12,14,17,19,25-34,39,41-44H,8,10-11,13,15-16,18,20-21,36-38H2,1-6H3/b23-14+,24-17+,40-19?. The van der Waals surface area contributed by atoms with Crippen LogP contribution in [-0.2, 0) is 14.2 Å². The normalized spacial score (nSPS) is 33.3. The Balaban J connectivity index is 1.77. The molecule has 11 atom stereocenters. The summed E-state index contributed by atoms with van der Waals surface area (Å²) in [4.78, 5) is 4.33. The summed E-state index contributed by atoms with van der Waals surface area (Å²) in [5.74, 6) is 6.00. The molecule has 1 saturated heterocycles. The summed E-state index contributed by atoms with van der Waals surface area (Å²) in [5, 5.41) is 45.8. The first-order chi connectivity index (χ1) is 22.2. The van der Waals surface area contributed by atoms with Crippen LogP contribution in [0.5, 0.6) is 0 Å². The van der Waals surface area contributed by atoms with E-state index in [2.05, 4.69) is 62.0 Å². The van der Waals surface area contributed by atoms with E-state index in [9.17, 15) is 20.4 Å². The lowest BCUT2D eigenvalue weighted by molar-refractivity contribution is -0.302. The van der Waals surface area contributed by atoms with Crippen molar-refractivity contribution >= 4 is 6.21 Å². The van der Waals surface area contributed by atoms with Crippen LogP contribution in [0, 0.1) is 11.8 Å². The predicted octanol–water partition coefficient (Wildman–Crippen LogP) is 1.15. The van der Waals surface area contributed by atoms with E-state index in [-0.39, 0.29) is 13.0 Å². The van der Waals surface area contributed by atoms with Crippen molar-refractivity contribution in [3.8, 4) is 11.8 Å². The van der Waals surface area contributed by atoms with Crippen molar-refractivity contribution in [2.75, 3.05) is 20.2 Å². The number of likely N-dealkylation sites (N-methyl/N-ethyl adjacent to an activating group) is 1. The zero-order valence-electron chi connectivity index (χ0n) is 29.1. The van der Waals surface area contributed by atoms with Gasteiger partial charge in [0.05, 0.1) is 25.2 Å². The molecule has 0 amide bonds. The average molecular weight is 664 g/mol. The molecule has 12 nitrogen and oxygen atoms in total. The molecule has 11 N–H and O–H groups in total. The van der Waals surface area contributed by atoms with E-state index in [0.717, 1.165) is 25.7 Å². The molecular formula is C35H61N5O7. The van der Waals surface area contributed by atoms with Gasteiger partial charge >= 0.3 is 0 Å². The van der Waals surface area contributed by atoms with Gasteiger partial charge in [-0.25, -0.2) is 0 Å². The molecule has 1 aliphatic heterocycles. The average Bonchev–Trinajstić information content (AvgIpc) is 2.99. The van der Waals surface area contributed by atoms with Gasteiger partial charge in [-0.1, -0.05) is 34.8 Å². The molecule has 11 unspecified atom stereocenters. The van der Waals surface area contributed by atoms with E-state index in [4.69, 9.17) is 31.4 Å². The summed E-state index contributed by atoms with van der Waals surface area (Å²) in [5.41, 5.74) is 21.3. The van der Waals surface area contributed by atoms with Crippen LogP contribution in [0.25, 0.3) is 0 Å². The van der Waals surface area contributed by atoms with Crippen molar-refractivity contribution in [1.29, 1.82) is 0 Å². The van der Waals surface area contributed by atoms with Crippen LogP contribution in [0.15, 0.2) is 39.9 Å². The largest absolute Gasteiger partial charge is 0.388 e. The SMILES string of the molecule is CNC1C(O)C(OC2C(N)CC(N)C(OC(O)C(N)CCC#CCN=C/C=C(\C)CC/C=C(\C)CCC=C(C)C)C2O)OCC1(C)O. The van der Waals surface area contributed by atoms with Gasteiger partial charge in [0.2, 0.25) is 0 Å². The molecule has 12 heteroatoms. The van der Waals surface area contributed by atoms with Gasteiger partial charge in [0.1, 0.15) is 30.0 Å². The van der Waals surface area contributed by atoms with Crippen LogP contribution in [0.2, 0.25) is 0 Å². The van der Waals surface area contributed by atoms with Crippen LogP contribution < -0.4 is 22.5 Å². The highest BCUT2D eigenvalue weighted by atomic mass is 16.7. The zero-order chi connectivity index (χ0) is 35.1. The lowest BCUT2D eigenvalue weighted by atomic mass is 9.84. The lowest BCUT2D eigenvalue weighted by Crippen LogP contribution is -2.68. The number of allylic oxidation sites excluding steroid dienone is 6. The number of nitrogens with zero attached hydrogens (tertiary/aromatic N) is 1. The van der Waals surface area contributed by atoms with Crippen molar-refractivity contribution in [2.45, 2.75) is 146 Å². The second-order valence-electron chi connectivity index (χ2n) is 13.4. The molecule has 1 aliphatic carbocycles. The zero-order valence-corrected chi connectivity index (χ0v) is 29.1. The van der Waals surface area contributed by atoms with Crippen molar-refractivity contribution < 1.29 is 34.6 Å². The summed E-state index contributed by atoms with van der Waals surface area (Å²) in [7, 11) is 1.61. The van der Waals surface area contributed by atoms with E-state index >= 15 is 0 Å². The Labute approximate surface area is 281 Å². The minimum Gasteiger partial charge on any atom is -0.388 e. The fourth-order valence-electron chi connectivity index (χ4n) is 5.75. The first kappa shape index (κ1) is 41.2. The minimum absolute atomic E-state index is 0.104. The molecule has 0 aromatic carbocycles. The second-order valence-corrected chi connectivity index (χ2v) is 13.4. The lowest BCUT2D eigenvalue weighted by Gasteiger charge is -2.47. The number of aliphatic hydroxyl groups excluding tert-OH is 3. The van der Waals surface area contributed by atoms with Crippen LogP contribution in [0.3, 0.4) is 0 Å². The molecule has 0 radical (unpaired) electrons. The molecule has 2 aliphatic rings. The summed E-state index contributed by atoms with van der Waals surface area (Å²) in [6.07, 6.45) is 6.36. The smallest absolute Gasteiger partial charge is 0.185 e. The summed E-state index contributed by atoms with van der Waals surface area (Å²) in [6, 6.07) is -2.90. The highest BCUT2D eigenvalue weighted by Crippen LogP contribution is 2.30. The van der Waals surface area contributed by atoms with Gasteiger partial charge in [0.15, 0.2) is 12.6 Å². The summed E-state index contributed by atoms with van der Waals surface area (Å²) < 4.78 is 17.2. The number of ether oxygens (including phenoxy) is 3. The Hall–Kier alpha value is -1.99. The van der Waals surface area contributed by atoms with Crippen LogP contribution >= 0.6 is 0 Å². The van der Waals surface area contributed by atoms with Gasteiger partial charge in [-0.2, -0.15) is 0 Å². The third-order valence-corrected chi connectivity index (χ3v) is 8.64. The molecule has 0 aromatic heterocycles.